The first-order valence-electron chi connectivity index (χ1n) is 5.06. The van der Waals surface area contributed by atoms with E-state index in [1.165, 1.54) is 6.07 Å². The van der Waals surface area contributed by atoms with E-state index in [4.69, 9.17) is 5.11 Å². The second-order valence-corrected chi connectivity index (χ2v) is 4.59. The first-order valence-corrected chi connectivity index (χ1v) is 5.06. The first kappa shape index (κ1) is 12.0. The average molecular weight is 211 g/mol. The fourth-order valence-electron chi connectivity index (χ4n) is 1.19. The first-order chi connectivity index (χ1) is 6.96. The van der Waals surface area contributed by atoms with E-state index in [0.29, 0.717) is 12.1 Å². The molecule has 0 unspecified atom stereocenters. The monoisotopic (exact) mass is 211 g/mol. The minimum atomic E-state index is -0.207. The minimum Gasteiger partial charge on any atom is -0.396 e. The average Bonchev–Trinajstić information content (AvgIpc) is 2.20. The second kappa shape index (κ2) is 4.62. The smallest absolute Gasteiger partial charge is 0.128 e. The van der Waals surface area contributed by atoms with Crippen molar-refractivity contribution in [1.29, 1.82) is 0 Å². The number of hydrogen-bond donors (Lipinski definition) is 2. The molecule has 0 radical (unpaired) electrons. The molecule has 1 aromatic rings. The summed E-state index contributed by atoms with van der Waals surface area (Å²) in [7, 11) is 0. The van der Waals surface area contributed by atoms with E-state index in [-0.39, 0.29) is 17.8 Å². The lowest BCUT2D eigenvalue weighted by atomic mass is 9.95. The maximum atomic E-state index is 13.2. The molecule has 0 spiro atoms. The summed E-state index contributed by atoms with van der Waals surface area (Å²) >= 11 is 0. The topological polar surface area (TPSA) is 32.3 Å². The Bertz CT molecular complexity index is 336. The number of aliphatic hydroxyl groups excluding tert-OH is 1. The fourth-order valence-corrected chi connectivity index (χ4v) is 1.19. The zero-order valence-electron chi connectivity index (χ0n) is 9.47. The number of hydrogen-bond acceptors (Lipinski definition) is 2. The zero-order valence-corrected chi connectivity index (χ0v) is 9.47. The van der Waals surface area contributed by atoms with Crippen molar-refractivity contribution in [2.45, 2.75) is 20.8 Å². The summed E-state index contributed by atoms with van der Waals surface area (Å²) in [5.41, 5.74) is 1.21. The standard InChI is InChI=1S/C12H18FNO/c1-9-10(13)5-4-6-11(9)14-7-12(2,3)8-15/h4-6,14-15H,7-8H2,1-3H3. The third-order valence-corrected chi connectivity index (χ3v) is 2.45. The van der Waals surface area contributed by atoms with Crippen molar-refractivity contribution < 1.29 is 9.50 Å². The van der Waals surface area contributed by atoms with Crippen LogP contribution >= 0.6 is 0 Å². The van der Waals surface area contributed by atoms with Gasteiger partial charge in [-0.2, -0.15) is 0 Å². The number of nitrogens with one attached hydrogen (secondary N) is 1. The Hall–Kier alpha value is -1.09. The van der Waals surface area contributed by atoms with Crippen LogP contribution in [-0.2, 0) is 0 Å². The van der Waals surface area contributed by atoms with Gasteiger partial charge >= 0.3 is 0 Å². The van der Waals surface area contributed by atoms with Gasteiger partial charge in [0, 0.05) is 29.8 Å². The van der Waals surface area contributed by atoms with Crippen molar-refractivity contribution >= 4 is 5.69 Å². The predicted octanol–water partition coefficient (Wildman–Crippen LogP) is 2.56. The van der Waals surface area contributed by atoms with Crippen LogP contribution in [0.15, 0.2) is 18.2 Å². The molecule has 2 N–H and O–H groups in total. The summed E-state index contributed by atoms with van der Waals surface area (Å²) in [6.45, 7) is 6.37. The third kappa shape index (κ3) is 3.20. The second-order valence-electron chi connectivity index (χ2n) is 4.59. The van der Waals surface area contributed by atoms with E-state index < -0.39 is 0 Å². The van der Waals surface area contributed by atoms with Gasteiger partial charge in [0.1, 0.15) is 5.82 Å². The quantitative estimate of drug-likeness (QED) is 0.802. The Labute approximate surface area is 90.1 Å². The normalized spacial score (nSPS) is 11.5. The van der Waals surface area contributed by atoms with Gasteiger partial charge in [0.15, 0.2) is 0 Å². The molecule has 0 amide bonds. The molecule has 0 heterocycles. The van der Waals surface area contributed by atoms with Crippen LogP contribution in [0.1, 0.15) is 19.4 Å². The van der Waals surface area contributed by atoms with Crippen molar-refractivity contribution in [2.24, 2.45) is 5.41 Å². The fraction of sp³-hybridized carbons (Fsp3) is 0.500. The zero-order chi connectivity index (χ0) is 11.5. The molecule has 0 atom stereocenters. The van der Waals surface area contributed by atoms with Crippen LogP contribution in [0.5, 0.6) is 0 Å². The Morgan fingerprint density at radius 2 is 2.07 bits per heavy atom. The summed E-state index contributed by atoms with van der Waals surface area (Å²) in [6.07, 6.45) is 0. The molecular weight excluding hydrogens is 193 g/mol. The Morgan fingerprint density at radius 1 is 1.40 bits per heavy atom. The maximum Gasteiger partial charge on any atom is 0.128 e. The SMILES string of the molecule is Cc1c(F)cccc1NCC(C)(C)CO. The van der Waals surface area contributed by atoms with Crippen molar-refractivity contribution in [3.63, 3.8) is 0 Å². The summed E-state index contributed by atoms with van der Waals surface area (Å²) in [5, 5.41) is 12.2. The van der Waals surface area contributed by atoms with Crippen LogP contribution in [-0.4, -0.2) is 18.3 Å². The van der Waals surface area contributed by atoms with Crippen LogP contribution in [0.4, 0.5) is 10.1 Å². The van der Waals surface area contributed by atoms with Gasteiger partial charge in [0.25, 0.3) is 0 Å². The molecular formula is C12H18FNO. The predicted molar refractivity (Wildman–Crippen MR) is 60.5 cm³/mol. The molecule has 1 aromatic carbocycles. The minimum absolute atomic E-state index is 0.106. The molecule has 0 aliphatic carbocycles. The highest BCUT2D eigenvalue weighted by molar-refractivity contribution is 5.51. The molecule has 0 aliphatic heterocycles. The van der Waals surface area contributed by atoms with E-state index in [1.807, 2.05) is 19.9 Å². The Balaban J connectivity index is 2.70. The molecule has 0 aliphatic rings. The van der Waals surface area contributed by atoms with Crippen LogP contribution in [0.3, 0.4) is 0 Å². The molecule has 2 nitrogen and oxygen atoms in total. The molecule has 0 saturated heterocycles. The van der Waals surface area contributed by atoms with E-state index in [1.54, 1.807) is 13.0 Å². The van der Waals surface area contributed by atoms with Crippen molar-refractivity contribution in [3.8, 4) is 0 Å². The van der Waals surface area contributed by atoms with Gasteiger partial charge in [-0.3, -0.25) is 0 Å². The van der Waals surface area contributed by atoms with Crippen molar-refractivity contribution in [1.82, 2.24) is 0 Å². The van der Waals surface area contributed by atoms with Crippen LogP contribution in [0, 0.1) is 18.2 Å². The van der Waals surface area contributed by atoms with Crippen molar-refractivity contribution in [3.05, 3.63) is 29.6 Å². The third-order valence-electron chi connectivity index (χ3n) is 2.45. The van der Waals surface area contributed by atoms with Gasteiger partial charge in [-0.1, -0.05) is 19.9 Å². The van der Waals surface area contributed by atoms with E-state index >= 15 is 0 Å². The van der Waals surface area contributed by atoms with Gasteiger partial charge in [-0.05, 0) is 19.1 Å². The van der Waals surface area contributed by atoms with Gasteiger partial charge in [0.2, 0.25) is 0 Å². The molecule has 0 bridgehead atoms. The number of anilines is 1. The van der Waals surface area contributed by atoms with Crippen molar-refractivity contribution in [2.75, 3.05) is 18.5 Å². The summed E-state index contributed by atoms with van der Waals surface area (Å²) < 4.78 is 13.2. The molecule has 3 heteroatoms. The van der Waals surface area contributed by atoms with Crippen LogP contribution < -0.4 is 5.32 Å². The van der Waals surface area contributed by atoms with Gasteiger partial charge < -0.3 is 10.4 Å². The molecule has 84 valence electrons. The van der Waals surface area contributed by atoms with E-state index in [2.05, 4.69) is 5.32 Å². The van der Waals surface area contributed by atoms with Gasteiger partial charge in [0.05, 0.1) is 0 Å². The lowest BCUT2D eigenvalue weighted by Crippen LogP contribution is -2.27. The molecule has 0 saturated carbocycles. The molecule has 0 fully saturated rings. The molecule has 15 heavy (non-hydrogen) atoms. The highest BCUT2D eigenvalue weighted by Crippen LogP contribution is 2.20. The number of aliphatic hydroxyl groups is 1. The molecule has 1 rings (SSSR count). The Kier molecular flexibility index (Phi) is 3.69. The highest BCUT2D eigenvalue weighted by Gasteiger charge is 2.16. The summed E-state index contributed by atoms with van der Waals surface area (Å²) in [6, 6.07) is 4.96. The largest absolute Gasteiger partial charge is 0.396 e. The van der Waals surface area contributed by atoms with Crippen LogP contribution in [0.25, 0.3) is 0 Å². The van der Waals surface area contributed by atoms with Gasteiger partial charge in [-0.15, -0.1) is 0 Å². The number of benzene rings is 1. The lowest BCUT2D eigenvalue weighted by molar-refractivity contribution is 0.171. The highest BCUT2D eigenvalue weighted by atomic mass is 19.1. The summed E-state index contributed by atoms with van der Waals surface area (Å²) in [4.78, 5) is 0. The lowest BCUT2D eigenvalue weighted by Gasteiger charge is -2.23. The molecule has 0 aromatic heterocycles. The van der Waals surface area contributed by atoms with Crippen LogP contribution in [0.2, 0.25) is 0 Å². The van der Waals surface area contributed by atoms with E-state index in [9.17, 15) is 4.39 Å². The Morgan fingerprint density at radius 3 is 2.67 bits per heavy atom. The maximum absolute atomic E-state index is 13.2. The number of halogens is 1. The number of rotatable bonds is 4. The van der Waals surface area contributed by atoms with E-state index in [0.717, 1.165) is 5.69 Å². The summed E-state index contributed by atoms with van der Waals surface area (Å²) in [5.74, 6) is -0.207. The van der Waals surface area contributed by atoms with Gasteiger partial charge in [-0.25, -0.2) is 4.39 Å².